The van der Waals surface area contributed by atoms with Gasteiger partial charge in [-0.2, -0.15) is 10.2 Å². The van der Waals surface area contributed by atoms with Crippen molar-refractivity contribution in [2.24, 2.45) is 5.10 Å². The molecule has 0 aliphatic carbocycles. The van der Waals surface area contributed by atoms with Crippen LogP contribution in [0.5, 0.6) is 0 Å². The summed E-state index contributed by atoms with van der Waals surface area (Å²) in [4.78, 5) is 10.9. The third kappa shape index (κ3) is 3.41. The van der Waals surface area contributed by atoms with Crippen molar-refractivity contribution in [3.05, 3.63) is 17.0 Å². The number of ether oxygens (including phenoxy) is 1. The molecule has 116 valence electrons. The van der Waals surface area contributed by atoms with Crippen LogP contribution in [0.15, 0.2) is 5.10 Å². The average molecular weight is 314 g/mol. The van der Waals surface area contributed by atoms with E-state index in [0.29, 0.717) is 6.42 Å². The van der Waals surface area contributed by atoms with Gasteiger partial charge >= 0.3 is 6.09 Å². The van der Waals surface area contributed by atoms with Crippen molar-refractivity contribution in [3.8, 4) is 0 Å². The number of aromatic nitrogens is 2. The van der Waals surface area contributed by atoms with Crippen LogP contribution < -0.4 is 5.43 Å². The highest BCUT2D eigenvalue weighted by Gasteiger charge is 2.31. The zero-order valence-electron chi connectivity index (χ0n) is 12.2. The monoisotopic (exact) mass is 314 g/mol. The van der Waals surface area contributed by atoms with E-state index < -0.39 is 15.9 Å². The molecule has 0 saturated carbocycles. The summed E-state index contributed by atoms with van der Waals surface area (Å²) < 4.78 is 29.3. The van der Waals surface area contributed by atoms with E-state index >= 15 is 0 Å². The van der Waals surface area contributed by atoms with Gasteiger partial charge in [-0.15, -0.1) is 0 Å². The van der Waals surface area contributed by atoms with E-state index in [2.05, 4.69) is 20.4 Å². The average Bonchev–Trinajstić information content (AvgIpc) is 2.91. The van der Waals surface area contributed by atoms with Crippen molar-refractivity contribution < 1.29 is 17.9 Å². The molecule has 8 nitrogen and oxygen atoms in total. The van der Waals surface area contributed by atoms with Crippen LogP contribution in [0.4, 0.5) is 4.79 Å². The Morgan fingerprint density at radius 3 is 2.81 bits per heavy atom. The van der Waals surface area contributed by atoms with Crippen LogP contribution in [-0.2, 0) is 14.6 Å². The number of hydrogen-bond acceptors (Lipinski definition) is 6. The third-order valence-electron chi connectivity index (χ3n) is 3.47. The second kappa shape index (κ2) is 5.84. The summed E-state index contributed by atoms with van der Waals surface area (Å²) >= 11 is 0. The molecule has 1 aromatic heterocycles. The summed E-state index contributed by atoms with van der Waals surface area (Å²) in [5.74, 6) is 0.315. The van der Waals surface area contributed by atoms with Crippen LogP contribution in [0.2, 0.25) is 0 Å². The first kappa shape index (κ1) is 15.5. The number of aryl methyl sites for hydroxylation is 1. The standard InChI is InChI=1S/C12H18N4O4S/c1-8-11(6-13-14-12(17)20-3)9(2)16(15-8)10-4-5-21(18,19)7-10/h6,10H,4-5,7H2,1-3H3,(H,14,17)/b13-6-/t10-/m0/s1. The molecule has 1 aliphatic heterocycles. The minimum Gasteiger partial charge on any atom is -0.452 e. The van der Waals surface area contributed by atoms with Gasteiger partial charge in [-0.3, -0.25) is 4.68 Å². The fraction of sp³-hybridized carbons (Fsp3) is 0.583. The first-order valence-corrected chi connectivity index (χ1v) is 8.29. The molecule has 1 fully saturated rings. The summed E-state index contributed by atoms with van der Waals surface area (Å²) in [6, 6.07) is -0.135. The van der Waals surface area contributed by atoms with Crippen LogP contribution in [0.3, 0.4) is 0 Å². The molecular formula is C12H18N4O4S. The Balaban J connectivity index is 2.20. The molecule has 2 heterocycles. The second-order valence-electron chi connectivity index (χ2n) is 4.95. The number of hydrazone groups is 1. The first-order chi connectivity index (χ1) is 9.84. The zero-order chi connectivity index (χ0) is 15.6. The fourth-order valence-corrected chi connectivity index (χ4v) is 4.07. The van der Waals surface area contributed by atoms with Gasteiger partial charge in [0.25, 0.3) is 0 Å². The Bertz CT molecular complexity index is 678. The molecule has 1 aliphatic rings. The predicted octanol–water partition coefficient (Wildman–Crippen LogP) is 0.549. The van der Waals surface area contributed by atoms with Crippen molar-refractivity contribution in [3.63, 3.8) is 0 Å². The Morgan fingerprint density at radius 1 is 1.52 bits per heavy atom. The maximum absolute atomic E-state index is 11.6. The number of amides is 1. The molecule has 0 radical (unpaired) electrons. The molecule has 1 atom stereocenters. The topological polar surface area (TPSA) is 103 Å². The lowest BCUT2D eigenvalue weighted by Crippen LogP contribution is -2.17. The Morgan fingerprint density at radius 2 is 2.24 bits per heavy atom. The van der Waals surface area contributed by atoms with Gasteiger partial charge in [0.05, 0.1) is 36.6 Å². The lowest BCUT2D eigenvalue weighted by molar-refractivity contribution is 0.171. The summed E-state index contributed by atoms with van der Waals surface area (Å²) in [5, 5.41) is 8.17. The number of hydrogen-bond donors (Lipinski definition) is 1. The highest BCUT2D eigenvalue weighted by Crippen LogP contribution is 2.26. The molecule has 1 amide bonds. The van der Waals surface area contributed by atoms with Gasteiger partial charge in [0.15, 0.2) is 9.84 Å². The number of nitrogens with one attached hydrogen (secondary N) is 1. The zero-order valence-corrected chi connectivity index (χ0v) is 13.0. The number of nitrogens with zero attached hydrogens (tertiary/aromatic N) is 3. The van der Waals surface area contributed by atoms with Crippen LogP contribution in [0.25, 0.3) is 0 Å². The largest absolute Gasteiger partial charge is 0.452 e. The number of carbonyl (C=O) groups excluding carboxylic acids is 1. The van der Waals surface area contributed by atoms with Crippen LogP contribution in [0.1, 0.15) is 29.4 Å². The molecular weight excluding hydrogens is 296 g/mol. The molecule has 1 N–H and O–H groups in total. The SMILES string of the molecule is COC(=O)N/N=C\c1c(C)nn([C@H]2CCS(=O)(=O)C2)c1C. The van der Waals surface area contributed by atoms with Gasteiger partial charge in [-0.05, 0) is 20.3 Å². The van der Waals surface area contributed by atoms with E-state index in [-0.39, 0.29) is 17.5 Å². The molecule has 1 aromatic rings. The Hall–Kier alpha value is -1.90. The second-order valence-corrected chi connectivity index (χ2v) is 7.18. The van der Waals surface area contributed by atoms with E-state index in [4.69, 9.17) is 0 Å². The van der Waals surface area contributed by atoms with E-state index in [0.717, 1.165) is 17.0 Å². The molecule has 0 unspecified atom stereocenters. The molecule has 1 saturated heterocycles. The minimum absolute atomic E-state index is 0.117. The summed E-state index contributed by atoms with van der Waals surface area (Å²) in [6.45, 7) is 3.66. The molecule has 9 heteroatoms. The normalized spacial score (nSPS) is 20.8. The van der Waals surface area contributed by atoms with Crippen molar-refractivity contribution >= 4 is 22.1 Å². The molecule has 0 aromatic carbocycles. The Labute approximate surface area is 123 Å². The van der Waals surface area contributed by atoms with Crippen LogP contribution >= 0.6 is 0 Å². The quantitative estimate of drug-likeness (QED) is 0.648. The number of carbonyl (C=O) groups is 1. The van der Waals surface area contributed by atoms with Gasteiger partial charge in [-0.1, -0.05) is 0 Å². The summed E-state index contributed by atoms with van der Waals surface area (Å²) in [7, 11) is -1.71. The van der Waals surface area contributed by atoms with Crippen molar-refractivity contribution in [2.45, 2.75) is 26.3 Å². The number of sulfone groups is 1. The highest BCUT2D eigenvalue weighted by molar-refractivity contribution is 7.91. The number of rotatable bonds is 3. The molecule has 0 bridgehead atoms. The minimum atomic E-state index is -2.96. The first-order valence-electron chi connectivity index (χ1n) is 6.47. The smallest absolute Gasteiger partial charge is 0.427 e. The van der Waals surface area contributed by atoms with Gasteiger partial charge in [0.1, 0.15) is 0 Å². The maximum atomic E-state index is 11.6. The molecule has 2 rings (SSSR count). The molecule has 0 spiro atoms. The Kier molecular flexibility index (Phi) is 4.31. The maximum Gasteiger partial charge on any atom is 0.427 e. The fourth-order valence-electron chi connectivity index (χ4n) is 2.38. The van der Waals surface area contributed by atoms with Crippen LogP contribution in [0, 0.1) is 13.8 Å². The van der Waals surface area contributed by atoms with E-state index in [1.165, 1.54) is 13.3 Å². The predicted molar refractivity (Wildman–Crippen MR) is 77.1 cm³/mol. The van der Waals surface area contributed by atoms with Gasteiger partial charge < -0.3 is 4.74 Å². The van der Waals surface area contributed by atoms with Gasteiger partial charge in [0, 0.05) is 11.3 Å². The van der Waals surface area contributed by atoms with E-state index in [9.17, 15) is 13.2 Å². The summed E-state index contributed by atoms with van der Waals surface area (Å²) in [6.07, 6.45) is 1.39. The summed E-state index contributed by atoms with van der Waals surface area (Å²) in [5.41, 5.74) is 4.52. The van der Waals surface area contributed by atoms with Crippen LogP contribution in [-0.4, -0.2) is 49.1 Å². The van der Waals surface area contributed by atoms with E-state index in [1.54, 1.807) is 4.68 Å². The number of methoxy groups -OCH3 is 1. The van der Waals surface area contributed by atoms with Crippen molar-refractivity contribution in [2.75, 3.05) is 18.6 Å². The molecule has 21 heavy (non-hydrogen) atoms. The third-order valence-corrected chi connectivity index (χ3v) is 5.22. The van der Waals surface area contributed by atoms with Crippen molar-refractivity contribution in [1.29, 1.82) is 0 Å². The van der Waals surface area contributed by atoms with Gasteiger partial charge in [-0.25, -0.2) is 18.6 Å². The lowest BCUT2D eigenvalue weighted by atomic mass is 10.2. The van der Waals surface area contributed by atoms with E-state index in [1.807, 2.05) is 13.8 Å². The van der Waals surface area contributed by atoms with Crippen molar-refractivity contribution in [1.82, 2.24) is 15.2 Å². The van der Waals surface area contributed by atoms with Gasteiger partial charge in [0.2, 0.25) is 0 Å². The highest BCUT2D eigenvalue weighted by atomic mass is 32.2. The lowest BCUT2D eigenvalue weighted by Gasteiger charge is -2.10.